The maximum absolute atomic E-state index is 12.9. The van der Waals surface area contributed by atoms with Crippen molar-refractivity contribution in [3.05, 3.63) is 30.1 Å². The third-order valence-electron chi connectivity index (χ3n) is 2.45. The number of nitrogens with two attached hydrogens (primary N) is 1. The number of carbonyl (C=O) groups excluding carboxylic acids is 1. The van der Waals surface area contributed by atoms with Crippen molar-refractivity contribution in [2.24, 2.45) is 0 Å². The topological polar surface area (TPSA) is 83.0 Å². The number of rotatable bonds is 5. The van der Waals surface area contributed by atoms with Crippen LogP contribution in [0.25, 0.3) is 11.4 Å². The highest BCUT2D eigenvalue weighted by molar-refractivity contribution is 7.99. The number of hydrogen-bond acceptors (Lipinski definition) is 6. The zero-order chi connectivity index (χ0) is 15.4. The van der Waals surface area contributed by atoms with Crippen LogP contribution in [0.5, 0.6) is 0 Å². The van der Waals surface area contributed by atoms with Crippen molar-refractivity contribution in [3.63, 3.8) is 0 Å². The summed E-state index contributed by atoms with van der Waals surface area (Å²) in [7, 11) is 0. The average Bonchev–Trinajstić information content (AvgIpc) is 2.78. The summed E-state index contributed by atoms with van der Waals surface area (Å²) in [4.78, 5) is 11.5. The molecule has 0 saturated heterocycles. The van der Waals surface area contributed by atoms with E-state index in [0.29, 0.717) is 16.5 Å². The molecule has 8 heteroatoms. The van der Waals surface area contributed by atoms with Gasteiger partial charge in [-0.2, -0.15) is 0 Å². The molecule has 2 aromatic rings. The maximum Gasteiger partial charge on any atom is 0.316 e. The lowest BCUT2D eigenvalue weighted by molar-refractivity contribution is -0.144. The number of nitrogens with zero attached hydrogens (tertiary/aromatic N) is 3. The van der Waals surface area contributed by atoms with Gasteiger partial charge >= 0.3 is 5.97 Å². The van der Waals surface area contributed by atoms with Crippen molar-refractivity contribution in [2.45, 2.75) is 25.1 Å². The molecule has 0 radical (unpaired) electrons. The van der Waals surface area contributed by atoms with Gasteiger partial charge in [0.05, 0.1) is 11.9 Å². The summed E-state index contributed by atoms with van der Waals surface area (Å²) >= 11 is 1.13. The largest absolute Gasteiger partial charge is 0.462 e. The molecule has 0 amide bonds. The Morgan fingerprint density at radius 1 is 1.38 bits per heavy atom. The van der Waals surface area contributed by atoms with E-state index in [1.165, 1.54) is 16.8 Å². The van der Waals surface area contributed by atoms with Gasteiger partial charge in [-0.15, -0.1) is 10.2 Å². The molecule has 0 unspecified atom stereocenters. The van der Waals surface area contributed by atoms with Crippen LogP contribution in [-0.2, 0) is 9.53 Å². The van der Waals surface area contributed by atoms with Crippen LogP contribution < -0.4 is 5.84 Å². The summed E-state index contributed by atoms with van der Waals surface area (Å²) in [5.74, 6) is 5.69. The van der Waals surface area contributed by atoms with Crippen molar-refractivity contribution in [1.29, 1.82) is 0 Å². The molecule has 0 aliphatic heterocycles. The molecule has 0 saturated carbocycles. The van der Waals surface area contributed by atoms with Gasteiger partial charge in [0.1, 0.15) is 5.82 Å². The summed E-state index contributed by atoms with van der Waals surface area (Å²) in [6, 6.07) is 5.75. The van der Waals surface area contributed by atoms with E-state index in [9.17, 15) is 9.18 Å². The van der Waals surface area contributed by atoms with Crippen molar-refractivity contribution in [2.75, 3.05) is 11.6 Å². The average molecular weight is 310 g/mol. The van der Waals surface area contributed by atoms with E-state index >= 15 is 0 Å². The van der Waals surface area contributed by atoms with Crippen LogP contribution in [0.2, 0.25) is 0 Å². The first kappa shape index (κ1) is 15.3. The second kappa shape index (κ2) is 6.57. The van der Waals surface area contributed by atoms with Crippen LogP contribution in [0, 0.1) is 5.82 Å². The Hall–Kier alpha value is -2.09. The van der Waals surface area contributed by atoms with Gasteiger partial charge in [-0.05, 0) is 38.1 Å². The van der Waals surface area contributed by atoms with Gasteiger partial charge in [0.2, 0.25) is 5.16 Å². The van der Waals surface area contributed by atoms with Crippen molar-refractivity contribution in [3.8, 4) is 11.4 Å². The zero-order valence-corrected chi connectivity index (χ0v) is 12.4. The molecule has 1 heterocycles. The molecule has 0 bridgehead atoms. The van der Waals surface area contributed by atoms with Gasteiger partial charge in [-0.1, -0.05) is 11.8 Å². The van der Waals surface area contributed by atoms with Gasteiger partial charge in [-0.25, -0.2) is 9.07 Å². The Kier molecular flexibility index (Phi) is 4.79. The van der Waals surface area contributed by atoms with E-state index in [0.717, 1.165) is 11.8 Å². The van der Waals surface area contributed by atoms with Crippen LogP contribution >= 0.6 is 11.8 Å². The minimum absolute atomic E-state index is 0.0942. The van der Waals surface area contributed by atoms with E-state index in [-0.39, 0.29) is 23.6 Å². The molecule has 0 fully saturated rings. The number of esters is 1. The monoisotopic (exact) mass is 310 g/mol. The van der Waals surface area contributed by atoms with E-state index in [1.54, 1.807) is 26.0 Å². The van der Waals surface area contributed by atoms with Gasteiger partial charge in [0.15, 0.2) is 5.82 Å². The SMILES string of the molecule is CC(C)OC(=O)CSc1nnc(-c2ccc(F)cc2)n1N. The van der Waals surface area contributed by atoms with Gasteiger partial charge in [-0.3, -0.25) is 4.79 Å². The number of ether oxygens (including phenoxy) is 1. The Bertz CT molecular complexity index is 628. The van der Waals surface area contributed by atoms with E-state index in [4.69, 9.17) is 10.6 Å². The molecule has 2 N–H and O–H groups in total. The normalized spacial score (nSPS) is 10.9. The van der Waals surface area contributed by atoms with Gasteiger partial charge in [0, 0.05) is 5.56 Å². The van der Waals surface area contributed by atoms with Gasteiger partial charge in [0.25, 0.3) is 0 Å². The highest BCUT2D eigenvalue weighted by Gasteiger charge is 2.14. The third kappa shape index (κ3) is 3.94. The maximum atomic E-state index is 12.9. The van der Waals surface area contributed by atoms with Crippen molar-refractivity contribution < 1.29 is 13.9 Å². The molecular formula is C13H15FN4O2S. The van der Waals surface area contributed by atoms with Crippen LogP contribution in [0.4, 0.5) is 4.39 Å². The first-order valence-corrected chi connectivity index (χ1v) is 7.24. The van der Waals surface area contributed by atoms with Crippen LogP contribution in [0.1, 0.15) is 13.8 Å². The molecule has 2 rings (SSSR count). The first-order valence-electron chi connectivity index (χ1n) is 6.26. The molecule has 0 aliphatic rings. The molecular weight excluding hydrogens is 295 g/mol. The highest BCUT2D eigenvalue weighted by Crippen LogP contribution is 2.21. The Balaban J connectivity index is 2.07. The Morgan fingerprint density at radius 3 is 2.67 bits per heavy atom. The number of carbonyl (C=O) groups is 1. The van der Waals surface area contributed by atoms with E-state index in [1.807, 2.05) is 0 Å². The predicted molar refractivity (Wildman–Crippen MR) is 77.5 cm³/mol. The molecule has 1 aromatic heterocycles. The summed E-state index contributed by atoms with van der Waals surface area (Å²) in [5, 5.41) is 8.25. The molecule has 112 valence electrons. The van der Waals surface area contributed by atoms with Gasteiger partial charge < -0.3 is 10.6 Å². The minimum atomic E-state index is -0.346. The van der Waals surface area contributed by atoms with E-state index in [2.05, 4.69) is 10.2 Å². The fraction of sp³-hybridized carbons (Fsp3) is 0.308. The molecule has 21 heavy (non-hydrogen) atoms. The predicted octanol–water partition coefficient (Wildman–Crippen LogP) is 1.84. The highest BCUT2D eigenvalue weighted by atomic mass is 32.2. The second-order valence-corrected chi connectivity index (χ2v) is 5.45. The lowest BCUT2D eigenvalue weighted by Gasteiger charge is -2.07. The molecule has 1 aromatic carbocycles. The fourth-order valence-electron chi connectivity index (χ4n) is 1.59. The fourth-order valence-corrected chi connectivity index (χ4v) is 2.23. The summed E-state index contributed by atoms with van der Waals surface area (Å²) in [6.45, 7) is 3.56. The molecule has 6 nitrogen and oxygen atoms in total. The zero-order valence-electron chi connectivity index (χ0n) is 11.6. The number of nitrogen functional groups attached to an aromatic ring is 1. The van der Waals surface area contributed by atoms with Crippen LogP contribution in [0.3, 0.4) is 0 Å². The molecule has 0 atom stereocenters. The van der Waals surface area contributed by atoms with E-state index < -0.39 is 0 Å². The Labute approximate surface area is 125 Å². The quantitative estimate of drug-likeness (QED) is 0.515. The standard InChI is InChI=1S/C13H15FN4O2S/c1-8(2)20-11(19)7-21-13-17-16-12(18(13)15)9-3-5-10(14)6-4-9/h3-6,8H,7,15H2,1-2H3. The number of hydrogen-bond donors (Lipinski definition) is 1. The number of benzene rings is 1. The smallest absolute Gasteiger partial charge is 0.316 e. The van der Waals surface area contributed by atoms with Crippen LogP contribution in [-0.4, -0.2) is 32.7 Å². The number of halogens is 1. The summed E-state index contributed by atoms with van der Waals surface area (Å²) in [6.07, 6.45) is -0.163. The Morgan fingerprint density at radius 2 is 2.05 bits per heavy atom. The lowest BCUT2D eigenvalue weighted by atomic mass is 10.2. The summed E-state index contributed by atoms with van der Waals surface area (Å²) in [5.41, 5.74) is 0.642. The first-order chi connectivity index (χ1) is 9.97. The lowest BCUT2D eigenvalue weighted by Crippen LogP contribution is -2.15. The third-order valence-corrected chi connectivity index (χ3v) is 3.37. The second-order valence-electron chi connectivity index (χ2n) is 4.51. The molecule has 0 spiro atoms. The molecule has 0 aliphatic carbocycles. The van der Waals surface area contributed by atoms with Crippen molar-refractivity contribution >= 4 is 17.7 Å². The number of thioether (sulfide) groups is 1. The number of aromatic nitrogens is 3. The van der Waals surface area contributed by atoms with Crippen LogP contribution in [0.15, 0.2) is 29.4 Å². The minimum Gasteiger partial charge on any atom is -0.462 e. The summed E-state index contributed by atoms with van der Waals surface area (Å²) < 4.78 is 19.2. The van der Waals surface area contributed by atoms with Crippen molar-refractivity contribution in [1.82, 2.24) is 14.9 Å².